The van der Waals surface area contributed by atoms with Gasteiger partial charge in [-0.15, -0.1) is 0 Å². The molecule has 4 heteroatoms. The molecule has 0 saturated carbocycles. The third kappa shape index (κ3) is 2.91. The van der Waals surface area contributed by atoms with Crippen LogP contribution >= 0.6 is 11.6 Å². The Kier molecular flexibility index (Phi) is 3.75. The largest absolute Gasteiger partial charge is 0.382 e. The molecular weight excluding hydrogens is 198 g/mol. The number of hydrogen-bond acceptors (Lipinski definition) is 3. The third-order valence-corrected chi connectivity index (χ3v) is 2.03. The molecule has 0 radical (unpaired) electrons. The number of nitrogens with one attached hydrogen (secondary N) is 1. The number of nitriles is 1. The summed E-state index contributed by atoms with van der Waals surface area (Å²) in [4.78, 5) is 0. The number of halogens is 1. The summed E-state index contributed by atoms with van der Waals surface area (Å²) in [6, 6.07) is 7.22. The lowest BCUT2D eigenvalue weighted by molar-refractivity contribution is 0.780. The van der Waals surface area contributed by atoms with E-state index < -0.39 is 0 Å². The minimum absolute atomic E-state index is 0.0710. The second-order valence-electron chi connectivity index (χ2n) is 3.16. The van der Waals surface area contributed by atoms with Gasteiger partial charge in [0.25, 0.3) is 0 Å². The van der Waals surface area contributed by atoms with Crippen LogP contribution in [0.1, 0.15) is 12.5 Å². The summed E-state index contributed by atoms with van der Waals surface area (Å²) in [5.74, 6) is 0. The number of nitrogens with zero attached hydrogens (tertiary/aromatic N) is 1. The fraction of sp³-hybridized carbons (Fsp3) is 0.300. The summed E-state index contributed by atoms with van der Waals surface area (Å²) in [7, 11) is 0. The van der Waals surface area contributed by atoms with Crippen molar-refractivity contribution in [3.8, 4) is 6.07 Å². The van der Waals surface area contributed by atoms with Gasteiger partial charge in [0, 0.05) is 12.6 Å². The lowest BCUT2D eigenvalue weighted by Gasteiger charge is -2.10. The van der Waals surface area contributed by atoms with Crippen molar-refractivity contribution in [2.24, 2.45) is 5.73 Å². The van der Waals surface area contributed by atoms with Crippen LogP contribution in [-0.4, -0.2) is 12.6 Å². The van der Waals surface area contributed by atoms with Crippen LogP contribution < -0.4 is 11.1 Å². The quantitative estimate of drug-likeness (QED) is 0.800. The highest BCUT2D eigenvalue weighted by Crippen LogP contribution is 2.22. The monoisotopic (exact) mass is 209 g/mol. The van der Waals surface area contributed by atoms with E-state index in [9.17, 15) is 0 Å². The lowest BCUT2D eigenvalue weighted by atomic mass is 10.2. The highest BCUT2D eigenvalue weighted by Gasteiger charge is 2.01. The van der Waals surface area contributed by atoms with Crippen LogP contribution in [0, 0.1) is 11.3 Å². The Morgan fingerprint density at radius 3 is 2.86 bits per heavy atom. The Hall–Kier alpha value is -1.24. The molecule has 3 N–H and O–H groups in total. The van der Waals surface area contributed by atoms with Gasteiger partial charge < -0.3 is 11.1 Å². The van der Waals surface area contributed by atoms with Crippen LogP contribution in [-0.2, 0) is 0 Å². The predicted octanol–water partition coefficient (Wildman–Crippen LogP) is 1.97. The fourth-order valence-corrected chi connectivity index (χ4v) is 1.25. The van der Waals surface area contributed by atoms with Crippen molar-refractivity contribution in [1.82, 2.24) is 0 Å². The highest BCUT2D eigenvalue weighted by molar-refractivity contribution is 6.33. The molecule has 0 aliphatic heterocycles. The minimum Gasteiger partial charge on any atom is -0.382 e. The first-order chi connectivity index (χ1) is 6.63. The molecule has 1 aromatic carbocycles. The summed E-state index contributed by atoms with van der Waals surface area (Å²) in [5, 5.41) is 12.3. The molecule has 0 fully saturated rings. The molecule has 1 unspecified atom stereocenters. The zero-order valence-corrected chi connectivity index (χ0v) is 8.67. The van der Waals surface area contributed by atoms with Crippen molar-refractivity contribution >= 4 is 17.3 Å². The average molecular weight is 210 g/mol. The molecule has 0 aliphatic rings. The van der Waals surface area contributed by atoms with Gasteiger partial charge in [-0.05, 0) is 25.1 Å². The van der Waals surface area contributed by atoms with Gasteiger partial charge in [0.05, 0.1) is 22.3 Å². The maximum absolute atomic E-state index is 8.62. The highest BCUT2D eigenvalue weighted by atomic mass is 35.5. The molecule has 0 spiro atoms. The van der Waals surface area contributed by atoms with Crippen LogP contribution in [0.25, 0.3) is 0 Å². The molecule has 1 rings (SSSR count). The standard InChI is InChI=1S/C10H12ClN3/c1-7(13)6-14-10-3-2-8(5-12)4-9(10)11/h2-4,7,14H,6,13H2,1H3. The summed E-state index contributed by atoms with van der Waals surface area (Å²) >= 11 is 5.94. The number of nitrogens with two attached hydrogens (primary N) is 1. The third-order valence-electron chi connectivity index (χ3n) is 1.71. The van der Waals surface area contributed by atoms with E-state index >= 15 is 0 Å². The molecule has 0 aliphatic carbocycles. The summed E-state index contributed by atoms with van der Waals surface area (Å²) in [6.07, 6.45) is 0. The van der Waals surface area contributed by atoms with Gasteiger partial charge in [-0.1, -0.05) is 11.6 Å². The first-order valence-corrected chi connectivity index (χ1v) is 4.70. The second kappa shape index (κ2) is 4.85. The Bertz CT molecular complexity index is 355. The Morgan fingerprint density at radius 1 is 1.64 bits per heavy atom. The zero-order valence-electron chi connectivity index (χ0n) is 7.92. The van der Waals surface area contributed by atoms with Gasteiger partial charge in [0.1, 0.15) is 0 Å². The predicted molar refractivity (Wildman–Crippen MR) is 58.3 cm³/mol. The molecule has 1 aromatic rings. The van der Waals surface area contributed by atoms with Crippen LogP contribution in [0.4, 0.5) is 5.69 Å². The zero-order chi connectivity index (χ0) is 10.6. The molecule has 14 heavy (non-hydrogen) atoms. The van der Waals surface area contributed by atoms with Gasteiger partial charge in [0.15, 0.2) is 0 Å². The molecule has 1 atom stereocenters. The van der Waals surface area contributed by atoms with E-state index in [0.29, 0.717) is 17.1 Å². The molecule has 0 amide bonds. The molecule has 0 aromatic heterocycles. The first-order valence-electron chi connectivity index (χ1n) is 4.32. The summed E-state index contributed by atoms with van der Waals surface area (Å²) in [5.41, 5.74) is 6.95. The van der Waals surface area contributed by atoms with Crippen LogP contribution in [0.3, 0.4) is 0 Å². The van der Waals surface area contributed by atoms with Crippen molar-refractivity contribution in [2.45, 2.75) is 13.0 Å². The van der Waals surface area contributed by atoms with E-state index in [1.807, 2.05) is 13.0 Å². The fourth-order valence-electron chi connectivity index (χ4n) is 0.999. The Morgan fingerprint density at radius 2 is 2.36 bits per heavy atom. The molecule has 0 bridgehead atoms. The Balaban J connectivity index is 2.75. The molecular formula is C10H12ClN3. The number of hydrogen-bond donors (Lipinski definition) is 2. The average Bonchev–Trinajstić information content (AvgIpc) is 2.15. The van der Waals surface area contributed by atoms with Crippen molar-refractivity contribution in [3.63, 3.8) is 0 Å². The second-order valence-corrected chi connectivity index (χ2v) is 3.57. The lowest BCUT2D eigenvalue weighted by Crippen LogP contribution is -2.25. The van der Waals surface area contributed by atoms with Gasteiger partial charge >= 0.3 is 0 Å². The van der Waals surface area contributed by atoms with E-state index in [0.717, 1.165) is 5.69 Å². The Labute approximate surface area is 88.5 Å². The van der Waals surface area contributed by atoms with Crippen molar-refractivity contribution in [1.29, 1.82) is 5.26 Å². The van der Waals surface area contributed by atoms with Crippen LogP contribution in [0.2, 0.25) is 5.02 Å². The maximum atomic E-state index is 8.62. The molecule has 3 nitrogen and oxygen atoms in total. The van der Waals surface area contributed by atoms with Crippen molar-refractivity contribution in [2.75, 3.05) is 11.9 Å². The molecule has 0 saturated heterocycles. The van der Waals surface area contributed by atoms with Gasteiger partial charge in [-0.25, -0.2) is 0 Å². The maximum Gasteiger partial charge on any atom is 0.0992 e. The summed E-state index contributed by atoms with van der Waals surface area (Å²) < 4.78 is 0. The SMILES string of the molecule is CC(N)CNc1ccc(C#N)cc1Cl. The van der Waals surface area contributed by atoms with E-state index in [-0.39, 0.29) is 6.04 Å². The summed E-state index contributed by atoms with van der Waals surface area (Å²) in [6.45, 7) is 2.57. The topological polar surface area (TPSA) is 61.8 Å². The van der Waals surface area contributed by atoms with E-state index in [1.54, 1.807) is 18.2 Å². The van der Waals surface area contributed by atoms with E-state index in [2.05, 4.69) is 5.32 Å². The first kappa shape index (κ1) is 10.8. The molecule has 74 valence electrons. The van der Waals surface area contributed by atoms with Gasteiger partial charge in [-0.2, -0.15) is 5.26 Å². The van der Waals surface area contributed by atoms with E-state index in [4.69, 9.17) is 22.6 Å². The van der Waals surface area contributed by atoms with Crippen molar-refractivity contribution in [3.05, 3.63) is 28.8 Å². The normalized spacial score (nSPS) is 11.9. The van der Waals surface area contributed by atoms with E-state index in [1.165, 1.54) is 0 Å². The van der Waals surface area contributed by atoms with Gasteiger partial charge in [-0.3, -0.25) is 0 Å². The van der Waals surface area contributed by atoms with Crippen LogP contribution in [0.5, 0.6) is 0 Å². The smallest absolute Gasteiger partial charge is 0.0992 e. The van der Waals surface area contributed by atoms with Gasteiger partial charge in [0.2, 0.25) is 0 Å². The molecule has 0 heterocycles. The van der Waals surface area contributed by atoms with Crippen LogP contribution in [0.15, 0.2) is 18.2 Å². The number of benzene rings is 1. The number of rotatable bonds is 3. The minimum atomic E-state index is 0.0710. The number of anilines is 1. The van der Waals surface area contributed by atoms with Crippen molar-refractivity contribution < 1.29 is 0 Å².